The number of hydrogen-bond donors (Lipinski definition) is 0. The third kappa shape index (κ3) is 3.78. The average Bonchev–Trinajstić information content (AvgIpc) is 3.19. The first-order valence-electron chi connectivity index (χ1n) is 10.9. The smallest absolute Gasteiger partial charge is 0.417 e. The van der Waals surface area contributed by atoms with Crippen LogP contribution in [0.2, 0.25) is 0 Å². The van der Waals surface area contributed by atoms with E-state index in [1.165, 1.54) is 6.92 Å². The minimum absolute atomic E-state index is 0.102. The van der Waals surface area contributed by atoms with Crippen LogP contribution in [0.4, 0.5) is 4.79 Å². The zero-order valence-electron chi connectivity index (χ0n) is 18.1. The van der Waals surface area contributed by atoms with Crippen LogP contribution in [-0.4, -0.2) is 35.3 Å². The number of Topliss-reactive ketones (excluding diaryl/α,β-unsaturated/α-hetero) is 1. The van der Waals surface area contributed by atoms with Gasteiger partial charge in [-0.25, -0.2) is 9.69 Å². The van der Waals surface area contributed by atoms with Gasteiger partial charge in [-0.05, 0) is 31.0 Å². The quantitative estimate of drug-likeness (QED) is 0.536. The van der Waals surface area contributed by atoms with Gasteiger partial charge in [0.2, 0.25) is 5.91 Å². The number of imide groups is 1. The first-order chi connectivity index (χ1) is 16.0. The highest BCUT2D eigenvalue weighted by Gasteiger charge is 2.47. The third-order valence-electron chi connectivity index (χ3n) is 6.28. The molecular weight excluding hydrogens is 418 g/mol. The number of nitrogens with zero attached hydrogens (tertiary/aromatic N) is 1. The van der Waals surface area contributed by atoms with Crippen LogP contribution >= 0.6 is 0 Å². The highest BCUT2D eigenvalue weighted by molar-refractivity contribution is 6.07. The van der Waals surface area contributed by atoms with Crippen molar-refractivity contribution < 1.29 is 23.9 Å². The van der Waals surface area contributed by atoms with Crippen molar-refractivity contribution >= 4 is 17.8 Å². The monoisotopic (exact) mass is 441 g/mol. The van der Waals surface area contributed by atoms with Crippen molar-refractivity contribution in [3.8, 4) is 11.5 Å². The van der Waals surface area contributed by atoms with Crippen LogP contribution in [0.15, 0.2) is 78.9 Å². The Bertz CT molecular complexity index is 1180. The van der Waals surface area contributed by atoms with Gasteiger partial charge in [-0.2, -0.15) is 0 Å². The number of fused-ring (bicyclic) bond motifs is 2. The molecule has 1 saturated heterocycles. The number of ketones is 1. The molecular formula is C27H23NO5. The zero-order valence-corrected chi connectivity index (χ0v) is 18.1. The molecule has 0 spiro atoms. The van der Waals surface area contributed by atoms with Crippen molar-refractivity contribution in [1.82, 2.24) is 4.90 Å². The SMILES string of the molecule is CC(=O)[C@@H](C(=O)N1C(=O)OC[C@H]1Cc1ccccc1)C1c2ccccc2Oc2ccccc21. The lowest BCUT2D eigenvalue weighted by molar-refractivity contribution is -0.139. The topological polar surface area (TPSA) is 72.9 Å². The summed E-state index contributed by atoms with van der Waals surface area (Å²) in [7, 11) is 0. The van der Waals surface area contributed by atoms with Crippen LogP contribution in [0.3, 0.4) is 0 Å². The molecule has 0 unspecified atom stereocenters. The Labute approximate surface area is 191 Å². The molecule has 0 aliphatic carbocycles. The lowest BCUT2D eigenvalue weighted by atomic mass is 9.76. The maximum absolute atomic E-state index is 13.9. The van der Waals surface area contributed by atoms with Crippen molar-refractivity contribution in [2.24, 2.45) is 5.92 Å². The van der Waals surface area contributed by atoms with Crippen molar-refractivity contribution in [2.75, 3.05) is 6.61 Å². The Balaban J connectivity index is 1.55. The van der Waals surface area contributed by atoms with Gasteiger partial charge in [0, 0.05) is 17.0 Å². The lowest BCUT2D eigenvalue weighted by Crippen LogP contribution is -2.47. The Kier molecular flexibility index (Phi) is 5.42. The predicted molar refractivity (Wildman–Crippen MR) is 121 cm³/mol. The molecule has 5 rings (SSSR count). The summed E-state index contributed by atoms with van der Waals surface area (Å²) in [6.07, 6.45) is -0.245. The van der Waals surface area contributed by atoms with E-state index in [0.29, 0.717) is 17.9 Å². The minimum atomic E-state index is -1.08. The summed E-state index contributed by atoms with van der Waals surface area (Å²) in [5.41, 5.74) is 2.48. The van der Waals surface area contributed by atoms with Gasteiger partial charge in [0.1, 0.15) is 29.8 Å². The normalized spacial score (nSPS) is 18.0. The second-order valence-electron chi connectivity index (χ2n) is 8.37. The first kappa shape index (κ1) is 20.9. The van der Waals surface area contributed by atoms with E-state index in [1.54, 1.807) is 0 Å². The van der Waals surface area contributed by atoms with Crippen LogP contribution in [0.25, 0.3) is 0 Å². The number of hydrogen-bond acceptors (Lipinski definition) is 5. The molecule has 0 bridgehead atoms. The average molecular weight is 441 g/mol. The highest BCUT2D eigenvalue weighted by atomic mass is 16.6. The molecule has 0 radical (unpaired) electrons. The second kappa shape index (κ2) is 8.54. The van der Waals surface area contributed by atoms with E-state index in [0.717, 1.165) is 21.6 Å². The van der Waals surface area contributed by atoms with Crippen molar-refractivity contribution in [3.05, 3.63) is 95.6 Å². The summed E-state index contributed by atoms with van der Waals surface area (Å²) in [5.74, 6) is -1.30. The van der Waals surface area contributed by atoms with E-state index < -0.39 is 29.9 Å². The lowest BCUT2D eigenvalue weighted by Gasteiger charge is -2.34. The third-order valence-corrected chi connectivity index (χ3v) is 6.28. The van der Waals surface area contributed by atoms with Gasteiger partial charge in [0.15, 0.2) is 0 Å². The molecule has 0 aromatic heterocycles. The van der Waals surface area contributed by atoms with Gasteiger partial charge in [-0.3, -0.25) is 9.59 Å². The summed E-state index contributed by atoms with van der Waals surface area (Å²) in [6.45, 7) is 1.50. The molecule has 2 heterocycles. The fraction of sp³-hybridized carbons (Fsp3) is 0.222. The van der Waals surface area contributed by atoms with E-state index in [2.05, 4.69) is 0 Å². The minimum Gasteiger partial charge on any atom is -0.457 e. The van der Waals surface area contributed by atoms with Crippen LogP contribution in [0, 0.1) is 5.92 Å². The molecule has 6 nitrogen and oxygen atoms in total. The Morgan fingerprint density at radius 1 is 0.909 bits per heavy atom. The van der Waals surface area contributed by atoms with Gasteiger partial charge in [0.25, 0.3) is 0 Å². The molecule has 33 heavy (non-hydrogen) atoms. The number of cyclic esters (lactones) is 1. The number of carbonyl (C=O) groups excluding carboxylic acids is 3. The van der Waals surface area contributed by atoms with Crippen LogP contribution in [0.5, 0.6) is 11.5 Å². The molecule has 0 saturated carbocycles. The summed E-state index contributed by atoms with van der Waals surface area (Å²) >= 11 is 0. The van der Waals surface area contributed by atoms with E-state index in [4.69, 9.17) is 9.47 Å². The highest BCUT2D eigenvalue weighted by Crippen LogP contribution is 2.48. The molecule has 2 atom stereocenters. The fourth-order valence-corrected chi connectivity index (χ4v) is 4.77. The number of amides is 2. The molecule has 2 amide bonds. The van der Waals surface area contributed by atoms with Crippen molar-refractivity contribution in [2.45, 2.75) is 25.3 Å². The number of carbonyl (C=O) groups is 3. The van der Waals surface area contributed by atoms with E-state index in [-0.39, 0.29) is 12.4 Å². The van der Waals surface area contributed by atoms with Gasteiger partial charge in [-0.1, -0.05) is 66.7 Å². The van der Waals surface area contributed by atoms with E-state index >= 15 is 0 Å². The summed E-state index contributed by atoms with van der Waals surface area (Å²) in [6, 6.07) is 23.9. The van der Waals surface area contributed by atoms with Crippen LogP contribution in [-0.2, 0) is 20.7 Å². The number of benzene rings is 3. The molecule has 2 aliphatic heterocycles. The van der Waals surface area contributed by atoms with Gasteiger partial charge in [-0.15, -0.1) is 0 Å². The summed E-state index contributed by atoms with van der Waals surface area (Å²) in [5, 5.41) is 0. The maximum atomic E-state index is 13.9. The molecule has 3 aromatic carbocycles. The number of ether oxygens (including phenoxy) is 2. The predicted octanol–water partition coefficient (Wildman–Crippen LogP) is 4.72. The van der Waals surface area contributed by atoms with Crippen molar-refractivity contribution in [1.29, 1.82) is 0 Å². The molecule has 166 valence electrons. The van der Waals surface area contributed by atoms with E-state index in [1.807, 2.05) is 78.9 Å². The van der Waals surface area contributed by atoms with Gasteiger partial charge >= 0.3 is 6.09 Å². The second-order valence-corrected chi connectivity index (χ2v) is 8.37. The standard InChI is InChI=1S/C27H23NO5/c1-17(29)24(25-20-11-5-7-13-22(20)33-23-14-8-6-12-21(23)25)26(30)28-19(16-32-27(28)31)15-18-9-3-2-4-10-18/h2-14,19,24-25H,15-16H2,1H3/t19-,24-/m1/s1. The number of para-hydroxylation sites is 2. The first-order valence-corrected chi connectivity index (χ1v) is 10.9. The van der Waals surface area contributed by atoms with Gasteiger partial charge < -0.3 is 9.47 Å². The zero-order chi connectivity index (χ0) is 22.9. The number of rotatable bonds is 5. The maximum Gasteiger partial charge on any atom is 0.417 e. The Morgan fingerprint density at radius 2 is 1.48 bits per heavy atom. The largest absolute Gasteiger partial charge is 0.457 e. The Morgan fingerprint density at radius 3 is 2.09 bits per heavy atom. The van der Waals surface area contributed by atoms with Crippen LogP contribution < -0.4 is 4.74 Å². The summed E-state index contributed by atoms with van der Waals surface area (Å²) < 4.78 is 11.3. The van der Waals surface area contributed by atoms with Crippen LogP contribution in [0.1, 0.15) is 29.5 Å². The molecule has 2 aliphatic rings. The van der Waals surface area contributed by atoms with E-state index in [9.17, 15) is 14.4 Å². The summed E-state index contributed by atoms with van der Waals surface area (Å²) in [4.78, 5) is 40.7. The molecule has 6 heteroatoms. The fourth-order valence-electron chi connectivity index (χ4n) is 4.77. The molecule has 0 N–H and O–H groups in total. The van der Waals surface area contributed by atoms with Gasteiger partial charge in [0.05, 0.1) is 6.04 Å². The Hall–Kier alpha value is -3.93. The molecule has 1 fully saturated rings. The molecule has 3 aromatic rings. The van der Waals surface area contributed by atoms with Crippen molar-refractivity contribution in [3.63, 3.8) is 0 Å².